The van der Waals surface area contributed by atoms with Crippen molar-refractivity contribution in [1.82, 2.24) is 0 Å². The van der Waals surface area contributed by atoms with Crippen LogP contribution in [0.15, 0.2) is 65.8 Å². The van der Waals surface area contributed by atoms with Crippen LogP contribution in [-0.2, 0) is 11.2 Å². The molecule has 3 rings (SSSR count). The Kier molecular flexibility index (Phi) is 6.40. The molecule has 0 heterocycles. The van der Waals surface area contributed by atoms with E-state index in [1.54, 1.807) is 24.3 Å². The number of hydrogen-bond acceptors (Lipinski definition) is 6. The smallest absolute Gasteiger partial charge is 0.277 e. The zero-order valence-corrected chi connectivity index (χ0v) is 16.4. The number of carbonyl (C=O) groups excluding carboxylic acids is 1. The number of benzene rings is 3. The number of nitrogens with zero attached hydrogens (tertiary/aromatic N) is 2. The van der Waals surface area contributed by atoms with Crippen LogP contribution in [0.25, 0.3) is 10.8 Å². The van der Waals surface area contributed by atoms with Crippen molar-refractivity contribution in [3.8, 4) is 11.8 Å². The lowest BCUT2D eigenvalue weighted by Crippen LogP contribution is -2.29. The third-order valence-corrected chi connectivity index (χ3v) is 4.50. The predicted octanol–water partition coefficient (Wildman–Crippen LogP) is 4.45. The van der Waals surface area contributed by atoms with Gasteiger partial charge in [-0.05, 0) is 42.5 Å². The van der Waals surface area contributed by atoms with E-state index in [9.17, 15) is 9.90 Å². The minimum Gasteiger partial charge on any atom is -0.505 e. The highest BCUT2D eigenvalue weighted by Crippen LogP contribution is 2.32. The molecule has 0 bridgehead atoms. The molecule has 0 aliphatic carbocycles. The van der Waals surface area contributed by atoms with E-state index in [0.29, 0.717) is 29.6 Å². The molecule has 0 saturated carbocycles. The molecule has 0 atom stereocenters. The molecule has 0 aliphatic heterocycles. The maximum absolute atomic E-state index is 12.6. The molecule has 0 unspecified atom stereocenters. The van der Waals surface area contributed by atoms with Crippen molar-refractivity contribution < 1.29 is 9.90 Å². The van der Waals surface area contributed by atoms with Gasteiger partial charge in [0.05, 0.1) is 17.5 Å². The highest BCUT2D eigenvalue weighted by atomic mass is 16.3. The lowest BCUT2D eigenvalue weighted by atomic mass is 10.1. The fraction of sp³-hybridized carbons (Fsp3) is 0.130. The molecule has 7 heteroatoms. The van der Waals surface area contributed by atoms with Crippen LogP contribution >= 0.6 is 0 Å². The van der Waals surface area contributed by atoms with Crippen LogP contribution in [0.1, 0.15) is 18.9 Å². The molecule has 0 fully saturated rings. The van der Waals surface area contributed by atoms with Crippen molar-refractivity contribution in [1.29, 1.82) is 10.7 Å². The number of fused-ring (bicyclic) bond motifs is 1. The lowest BCUT2D eigenvalue weighted by Gasteiger charge is -2.10. The maximum atomic E-state index is 12.6. The van der Waals surface area contributed by atoms with E-state index in [2.05, 4.69) is 21.9 Å². The molecule has 0 radical (unpaired) electrons. The Balaban J connectivity index is 1.76. The molecule has 3 aromatic carbocycles. The van der Waals surface area contributed by atoms with Crippen molar-refractivity contribution in [2.45, 2.75) is 19.8 Å². The Morgan fingerprint density at radius 2 is 1.87 bits per heavy atom. The molecule has 0 aromatic heterocycles. The average Bonchev–Trinajstić information content (AvgIpc) is 2.75. The zero-order valence-electron chi connectivity index (χ0n) is 16.4. The Hall–Kier alpha value is -4.18. The van der Waals surface area contributed by atoms with Gasteiger partial charge in [0.15, 0.2) is 5.71 Å². The van der Waals surface area contributed by atoms with Gasteiger partial charge < -0.3 is 15.8 Å². The number of nitrogens with one attached hydrogen (secondary N) is 3. The van der Waals surface area contributed by atoms with Crippen LogP contribution in [0.2, 0.25) is 0 Å². The Morgan fingerprint density at radius 1 is 1.13 bits per heavy atom. The largest absolute Gasteiger partial charge is 0.505 e. The number of phenolic OH excluding ortho intramolecular Hbond substituents is 1. The van der Waals surface area contributed by atoms with Crippen LogP contribution in [0.3, 0.4) is 0 Å². The summed E-state index contributed by atoms with van der Waals surface area (Å²) in [7, 11) is 0. The summed E-state index contributed by atoms with van der Waals surface area (Å²) in [5.41, 5.74) is 4.46. The van der Waals surface area contributed by atoms with Gasteiger partial charge in [0.1, 0.15) is 5.75 Å². The third-order valence-electron chi connectivity index (χ3n) is 4.50. The van der Waals surface area contributed by atoms with Crippen molar-refractivity contribution in [3.63, 3.8) is 0 Å². The summed E-state index contributed by atoms with van der Waals surface area (Å²) >= 11 is 0. The summed E-state index contributed by atoms with van der Waals surface area (Å²) in [4.78, 5) is 12.6. The van der Waals surface area contributed by atoms with Crippen molar-refractivity contribution in [2.24, 2.45) is 5.10 Å². The van der Waals surface area contributed by atoms with Crippen LogP contribution in [0.4, 0.5) is 11.4 Å². The number of amides is 1. The molecular formula is C23H21N5O2. The fourth-order valence-corrected chi connectivity index (χ4v) is 2.91. The number of aryl methyl sites for hydroxylation is 1. The van der Waals surface area contributed by atoms with E-state index >= 15 is 0 Å². The second kappa shape index (κ2) is 9.34. The summed E-state index contributed by atoms with van der Waals surface area (Å²) in [5.74, 6) is -0.521. The van der Waals surface area contributed by atoms with Crippen molar-refractivity contribution in [3.05, 3.63) is 66.2 Å². The summed E-state index contributed by atoms with van der Waals surface area (Å²) < 4.78 is 0. The van der Waals surface area contributed by atoms with Gasteiger partial charge in [-0.25, -0.2) is 0 Å². The molecule has 0 saturated heterocycles. The first kappa shape index (κ1) is 20.6. The number of hydrogen-bond donors (Lipinski definition) is 4. The summed E-state index contributed by atoms with van der Waals surface area (Å²) in [6.45, 7) is 1.46. The first-order chi connectivity index (χ1) is 14.5. The van der Waals surface area contributed by atoms with E-state index in [1.807, 2.05) is 36.4 Å². The van der Waals surface area contributed by atoms with Gasteiger partial charge in [-0.15, -0.1) is 0 Å². The molecule has 150 valence electrons. The summed E-state index contributed by atoms with van der Waals surface area (Å²) in [5, 5.41) is 35.3. The first-order valence-corrected chi connectivity index (χ1v) is 9.37. The molecule has 0 aliphatic rings. The van der Waals surface area contributed by atoms with Gasteiger partial charge in [0.25, 0.3) is 5.91 Å². The van der Waals surface area contributed by atoms with Crippen molar-refractivity contribution in [2.75, 3.05) is 10.7 Å². The van der Waals surface area contributed by atoms with Crippen LogP contribution < -0.4 is 10.7 Å². The zero-order chi connectivity index (χ0) is 21.5. The third kappa shape index (κ3) is 4.80. The minimum atomic E-state index is -0.542. The van der Waals surface area contributed by atoms with Gasteiger partial charge in [-0.3, -0.25) is 10.2 Å². The fourth-order valence-electron chi connectivity index (χ4n) is 2.91. The number of anilines is 2. The second-order valence-electron chi connectivity index (χ2n) is 6.69. The average molecular weight is 399 g/mol. The van der Waals surface area contributed by atoms with E-state index in [-0.39, 0.29) is 17.2 Å². The predicted molar refractivity (Wildman–Crippen MR) is 119 cm³/mol. The molecule has 0 spiro atoms. The minimum absolute atomic E-state index is 0.0206. The van der Waals surface area contributed by atoms with E-state index in [0.717, 1.165) is 10.9 Å². The summed E-state index contributed by atoms with van der Waals surface area (Å²) in [6.07, 6.45) is 1.08. The van der Waals surface area contributed by atoms with Crippen molar-refractivity contribution >= 4 is 39.5 Å². The standard InChI is InChI=1S/C23H21N5O2/c1-15(25)21(23(30)26-18-11-8-16(9-12-18)5-4-14-24)28-27-20-13-10-17-6-2-3-7-19(17)22(20)29/h2-3,6-13,25,27,29H,4-5H2,1H3,(H,26,30)/b25-15?,28-21-. The monoisotopic (exact) mass is 399 g/mol. The van der Waals surface area contributed by atoms with E-state index in [1.165, 1.54) is 6.92 Å². The summed E-state index contributed by atoms with van der Waals surface area (Å²) in [6, 6.07) is 20.1. The number of phenols is 1. The molecule has 1 amide bonds. The van der Waals surface area contributed by atoms with Crippen LogP contribution in [-0.4, -0.2) is 22.4 Å². The molecule has 30 heavy (non-hydrogen) atoms. The Labute approximate surface area is 174 Å². The normalized spacial score (nSPS) is 11.0. The Bertz CT molecular complexity index is 1160. The molecule has 7 nitrogen and oxygen atoms in total. The van der Waals surface area contributed by atoms with Gasteiger partial charge in [0.2, 0.25) is 0 Å². The second-order valence-corrected chi connectivity index (χ2v) is 6.69. The van der Waals surface area contributed by atoms with Gasteiger partial charge in [-0.1, -0.05) is 42.5 Å². The first-order valence-electron chi connectivity index (χ1n) is 9.37. The van der Waals surface area contributed by atoms with Gasteiger partial charge in [0, 0.05) is 17.5 Å². The lowest BCUT2D eigenvalue weighted by molar-refractivity contribution is -0.110. The topological polar surface area (TPSA) is 121 Å². The van der Waals surface area contributed by atoms with Gasteiger partial charge >= 0.3 is 0 Å². The van der Waals surface area contributed by atoms with Gasteiger partial charge in [-0.2, -0.15) is 10.4 Å². The highest BCUT2D eigenvalue weighted by molar-refractivity contribution is 6.67. The maximum Gasteiger partial charge on any atom is 0.277 e. The number of hydrazone groups is 1. The SMILES string of the molecule is CC(=N)/C(=N/Nc1ccc2ccccc2c1O)C(=O)Nc1ccc(CCC#N)cc1. The number of nitriles is 1. The Morgan fingerprint density at radius 3 is 2.57 bits per heavy atom. The van der Waals surface area contributed by atoms with E-state index in [4.69, 9.17) is 10.7 Å². The van der Waals surface area contributed by atoms with Crippen LogP contribution in [0, 0.1) is 16.7 Å². The number of rotatable bonds is 7. The quantitative estimate of drug-likeness (QED) is 0.266. The molecule has 4 N–H and O–H groups in total. The molecular weight excluding hydrogens is 378 g/mol. The number of carbonyl (C=O) groups is 1. The highest BCUT2D eigenvalue weighted by Gasteiger charge is 2.15. The number of aromatic hydroxyl groups is 1. The van der Waals surface area contributed by atoms with E-state index < -0.39 is 5.91 Å². The van der Waals surface area contributed by atoms with Crippen LogP contribution in [0.5, 0.6) is 5.75 Å². The molecule has 3 aromatic rings.